The number of benzene rings is 8. The van der Waals surface area contributed by atoms with E-state index in [-0.39, 0.29) is 33.4 Å². The predicted molar refractivity (Wildman–Crippen MR) is 227 cm³/mol. The second-order valence-corrected chi connectivity index (χ2v) is 12.8. The summed E-state index contributed by atoms with van der Waals surface area (Å²) >= 11 is 0. The molecule has 0 bridgehead atoms. The lowest BCUT2D eigenvalue weighted by Gasteiger charge is -2.11. The van der Waals surface area contributed by atoms with Crippen molar-refractivity contribution in [3.63, 3.8) is 0 Å². The predicted octanol–water partition coefficient (Wildman–Crippen LogP) is 13.0. The van der Waals surface area contributed by atoms with Crippen molar-refractivity contribution in [3.8, 4) is 73.2 Å². The monoisotopic (exact) mass is 714 g/mol. The quantitative estimate of drug-likeness (QED) is 0.165. The van der Waals surface area contributed by atoms with Crippen LogP contribution in [0, 0.1) is 0 Å². The molecule has 0 saturated carbocycles. The maximum absolute atomic E-state index is 9.61. The normalized spacial score (nSPS) is 14.3. The number of para-hydroxylation sites is 2. The molecule has 0 aliphatic rings. The van der Waals surface area contributed by atoms with Crippen LogP contribution in [0.5, 0.6) is 0 Å². The lowest BCUT2D eigenvalue weighted by Crippen LogP contribution is -2.00. The zero-order chi connectivity index (χ0) is 47.0. The average molecular weight is 715 g/mol. The van der Waals surface area contributed by atoms with Gasteiger partial charge in [-0.15, -0.1) is 0 Å². The van der Waals surface area contributed by atoms with Crippen LogP contribution in [0.4, 0.5) is 0 Å². The number of hydrogen-bond acceptors (Lipinski definition) is 3. The first-order valence-corrected chi connectivity index (χ1v) is 17.5. The summed E-state index contributed by atoms with van der Waals surface area (Å²) in [6.45, 7) is 0. The molecule has 2 heterocycles. The Hall–Kier alpha value is -7.43. The standard InChI is InChI=1S/C51H34N4/c1-4-13-35(14-5-1)36-27-29-40(30-28-36)50-52-49(39-15-6-2-7-16-39)53-51(54-50)43-18-12-17-41(33-43)37-23-25-38(26-24-37)42-31-32-46-45-21-10-11-22-47(45)55(48(46)34-42)44-19-8-3-9-20-44/h1-34H/i3D,8D,9D,10D,11D,19D,20D,21D,22D,31D,32D,34D. The molecule has 0 unspecified atom stereocenters. The largest absolute Gasteiger partial charge is 0.309 e. The average Bonchev–Trinajstić information content (AvgIpc) is 3.72. The minimum absolute atomic E-state index is 0.0209. The summed E-state index contributed by atoms with van der Waals surface area (Å²) in [6.07, 6.45) is 0. The summed E-state index contributed by atoms with van der Waals surface area (Å²) in [6, 6.07) is 35.5. The molecule has 0 saturated heterocycles. The minimum atomic E-state index is -0.692. The molecule has 258 valence electrons. The topological polar surface area (TPSA) is 43.6 Å². The van der Waals surface area contributed by atoms with Crippen molar-refractivity contribution in [2.75, 3.05) is 0 Å². The number of aromatic nitrogens is 4. The first-order valence-electron chi connectivity index (χ1n) is 23.5. The number of fused-ring (bicyclic) bond motifs is 3. The van der Waals surface area contributed by atoms with Crippen LogP contribution in [-0.4, -0.2) is 19.5 Å². The van der Waals surface area contributed by atoms with Gasteiger partial charge in [0.2, 0.25) is 0 Å². The van der Waals surface area contributed by atoms with Crippen LogP contribution >= 0.6 is 0 Å². The van der Waals surface area contributed by atoms with Gasteiger partial charge in [0.25, 0.3) is 0 Å². The van der Waals surface area contributed by atoms with E-state index in [1.54, 1.807) is 24.3 Å². The maximum Gasteiger partial charge on any atom is 0.164 e. The summed E-state index contributed by atoms with van der Waals surface area (Å²) in [7, 11) is 0. The second-order valence-electron chi connectivity index (χ2n) is 12.8. The first kappa shape index (κ1) is 21.9. The number of nitrogens with zero attached hydrogens (tertiary/aromatic N) is 4. The second kappa shape index (κ2) is 13.8. The highest BCUT2D eigenvalue weighted by molar-refractivity contribution is 6.10. The van der Waals surface area contributed by atoms with Crippen molar-refractivity contribution in [1.82, 2.24) is 19.5 Å². The summed E-state index contributed by atoms with van der Waals surface area (Å²) in [4.78, 5) is 14.7. The van der Waals surface area contributed by atoms with Crippen molar-refractivity contribution in [3.05, 3.63) is 206 Å². The van der Waals surface area contributed by atoms with Gasteiger partial charge in [-0.3, -0.25) is 0 Å². The molecule has 2 aromatic heterocycles. The van der Waals surface area contributed by atoms with Crippen molar-refractivity contribution < 1.29 is 16.4 Å². The van der Waals surface area contributed by atoms with Crippen LogP contribution in [0.25, 0.3) is 95.0 Å². The van der Waals surface area contributed by atoms with Crippen LogP contribution in [-0.2, 0) is 0 Å². The maximum atomic E-state index is 9.61. The van der Waals surface area contributed by atoms with Gasteiger partial charge < -0.3 is 4.57 Å². The Morgan fingerprint density at radius 2 is 0.818 bits per heavy atom. The van der Waals surface area contributed by atoms with Gasteiger partial charge in [0.1, 0.15) is 0 Å². The van der Waals surface area contributed by atoms with Gasteiger partial charge in [-0.05, 0) is 63.6 Å². The summed E-state index contributed by atoms with van der Waals surface area (Å²) in [5.41, 5.74) is 5.50. The summed E-state index contributed by atoms with van der Waals surface area (Å²) in [5, 5.41) is -0.383. The SMILES string of the molecule is [2H]c1c([2H])c([2H])c(-n2c3c([2H])c([2H])c([2H])c([2H])c3c3c([2H])c([2H])c(-c4ccc(-c5cccc(-c6nc(-c7ccccc7)nc(-c7ccc(-c8ccccc8)cc7)n6)c5)cc4)c([2H])c32)c([2H])c1[2H]. The molecule has 0 fully saturated rings. The van der Waals surface area contributed by atoms with Crippen molar-refractivity contribution in [1.29, 1.82) is 0 Å². The van der Waals surface area contributed by atoms with Crippen LogP contribution in [0.3, 0.4) is 0 Å². The number of hydrogen-bond donors (Lipinski definition) is 0. The highest BCUT2D eigenvalue weighted by Crippen LogP contribution is 2.36. The molecule has 4 nitrogen and oxygen atoms in total. The van der Waals surface area contributed by atoms with Gasteiger partial charge in [-0.1, -0.05) is 176 Å². The molecule has 10 rings (SSSR count). The highest BCUT2D eigenvalue weighted by atomic mass is 15.0. The molecule has 0 amide bonds. The van der Waals surface area contributed by atoms with Gasteiger partial charge in [0.05, 0.1) is 27.5 Å². The zero-order valence-electron chi connectivity index (χ0n) is 41.0. The lowest BCUT2D eigenvalue weighted by molar-refractivity contribution is 1.07. The lowest BCUT2D eigenvalue weighted by atomic mass is 9.98. The molecule has 4 heteroatoms. The molecule has 0 atom stereocenters. The zero-order valence-corrected chi connectivity index (χ0v) is 29.0. The van der Waals surface area contributed by atoms with Crippen LogP contribution in [0.15, 0.2) is 206 Å². The van der Waals surface area contributed by atoms with Gasteiger partial charge in [-0.2, -0.15) is 0 Å². The van der Waals surface area contributed by atoms with Crippen molar-refractivity contribution in [2.45, 2.75) is 0 Å². The fraction of sp³-hybridized carbons (Fsp3) is 0. The van der Waals surface area contributed by atoms with Crippen LogP contribution in [0.1, 0.15) is 16.4 Å². The smallest absolute Gasteiger partial charge is 0.164 e. The molecule has 55 heavy (non-hydrogen) atoms. The van der Waals surface area contributed by atoms with E-state index in [9.17, 15) is 4.11 Å². The van der Waals surface area contributed by atoms with E-state index in [1.807, 2.05) is 97.1 Å². The molecule has 0 radical (unpaired) electrons. The highest BCUT2D eigenvalue weighted by Gasteiger charge is 2.15. The molecule has 8 aromatic carbocycles. The molecule has 0 spiro atoms. The van der Waals surface area contributed by atoms with Gasteiger partial charge in [0.15, 0.2) is 17.5 Å². The van der Waals surface area contributed by atoms with Gasteiger partial charge >= 0.3 is 0 Å². The number of rotatable bonds is 7. The first-order chi connectivity index (χ1) is 32.2. The van der Waals surface area contributed by atoms with Gasteiger partial charge in [-0.25, -0.2) is 15.0 Å². The van der Waals surface area contributed by atoms with E-state index < -0.39 is 72.2 Å². The van der Waals surface area contributed by atoms with Crippen LogP contribution < -0.4 is 0 Å². The molecular formula is C51H34N4. The van der Waals surface area contributed by atoms with E-state index in [0.717, 1.165) is 43.5 Å². The van der Waals surface area contributed by atoms with Crippen molar-refractivity contribution >= 4 is 21.8 Å². The Bertz CT molecular complexity index is 3610. The van der Waals surface area contributed by atoms with E-state index in [0.29, 0.717) is 23.0 Å². The fourth-order valence-corrected chi connectivity index (χ4v) is 6.69. The third-order valence-electron chi connectivity index (χ3n) is 9.41. The third-order valence-corrected chi connectivity index (χ3v) is 9.41. The molecule has 10 aromatic rings. The molecule has 0 N–H and O–H groups in total. The van der Waals surface area contributed by atoms with Gasteiger partial charge in [0, 0.05) is 33.2 Å². The molecule has 0 aliphatic heterocycles. The Labute approximate surface area is 336 Å². The third kappa shape index (κ3) is 6.16. The molecule has 0 aliphatic carbocycles. The Morgan fingerprint density at radius 1 is 0.345 bits per heavy atom. The van der Waals surface area contributed by atoms with E-state index >= 15 is 0 Å². The summed E-state index contributed by atoms with van der Waals surface area (Å²) in [5.74, 6) is 1.47. The Kier molecular flexibility index (Phi) is 5.52. The Morgan fingerprint density at radius 3 is 1.51 bits per heavy atom. The fourth-order valence-electron chi connectivity index (χ4n) is 6.69. The van der Waals surface area contributed by atoms with E-state index in [2.05, 4.69) is 12.1 Å². The minimum Gasteiger partial charge on any atom is -0.309 e. The van der Waals surface area contributed by atoms with Crippen molar-refractivity contribution in [2.24, 2.45) is 0 Å². The Balaban J connectivity index is 1.09. The summed E-state index contributed by atoms with van der Waals surface area (Å²) < 4.78 is 107. The molecular weight excluding hydrogens is 669 g/mol. The van der Waals surface area contributed by atoms with Crippen LogP contribution in [0.2, 0.25) is 0 Å². The van der Waals surface area contributed by atoms with E-state index in [1.165, 1.54) is 0 Å². The van der Waals surface area contributed by atoms with E-state index in [4.69, 9.17) is 27.3 Å².